The van der Waals surface area contributed by atoms with E-state index in [2.05, 4.69) is 17.2 Å². The molecule has 1 aromatic carbocycles. The van der Waals surface area contributed by atoms with Crippen LogP contribution in [-0.2, 0) is 16.1 Å². The second-order valence-electron chi connectivity index (χ2n) is 7.96. The lowest BCUT2D eigenvalue weighted by Crippen LogP contribution is -2.46. The summed E-state index contributed by atoms with van der Waals surface area (Å²) in [5, 5.41) is 12.0. The molecule has 0 saturated heterocycles. The molecule has 0 aliphatic heterocycles. The Balaban J connectivity index is 1.59. The number of hydrogen-bond acceptors (Lipinski definition) is 6. The number of aliphatic carboxylic acids is 1. The van der Waals surface area contributed by atoms with Gasteiger partial charge in [0, 0.05) is 18.2 Å². The van der Waals surface area contributed by atoms with Gasteiger partial charge in [-0.05, 0) is 43.7 Å². The van der Waals surface area contributed by atoms with Crippen LogP contribution in [0.4, 0.5) is 18.7 Å². The highest BCUT2D eigenvalue weighted by atomic mass is 32.2. The van der Waals surface area contributed by atoms with E-state index >= 15 is 0 Å². The molecular weight excluding hydrogens is 472 g/mol. The molecule has 1 aromatic heterocycles. The standard InChI is InChI=1S/C22H27F2N3O4S2/c1-14-5-7-15(8-6-14)27(9-10-31-12-16-17(23)3-2-4-18(16)24)22(30)26-21-25-11-20(33-21)32-13-19(28)29/h2-4,11,14-15H,5-10,12-13H2,1H3,(H,28,29)(H,25,26,30)/t14-,15-. The number of thioether (sulfide) groups is 1. The normalized spacial score (nSPS) is 18.2. The van der Waals surface area contributed by atoms with Gasteiger partial charge < -0.3 is 14.7 Å². The molecule has 11 heteroatoms. The quantitative estimate of drug-likeness (QED) is 0.344. The van der Waals surface area contributed by atoms with Gasteiger partial charge in [-0.25, -0.2) is 18.6 Å². The van der Waals surface area contributed by atoms with Gasteiger partial charge in [-0.3, -0.25) is 10.1 Å². The fraction of sp³-hybridized carbons (Fsp3) is 0.500. The molecular formula is C22H27F2N3O4S2. The fourth-order valence-electron chi connectivity index (χ4n) is 3.69. The summed E-state index contributed by atoms with van der Waals surface area (Å²) in [5.41, 5.74) is -0.130. The minimum atomic E-state index is -0.924. The van der Waals surface area contributed by atoms with Gasteiger partial charge >= 0.3 is 12.0 Å². The number of rotatable bonds is 10. The summed E-state index contributed by atoms with van der Waals surface area (Å²) in [6.45, 7) is 2.38. The minimum absolute atomic E-state index is 0.0378. The first kappa shape index (κ1) is 25.4. The molecule has 180 valence electrons. The number of ether oxygens (including phenoxy) is 1. The summed E-state index contributed by atoms with van der Waals surface area (Å²) in [6, 6.07) is 3.38. The Morgan fingerprint density at radius 1 is 1.27 bits per heavy atom. The summed E-state index contributed by atoms with van der Waals surface area (Å²) in [4.78, 5) is 29.6. The van der Waals surface area contributed by atoms with E-state index in [0.29, 0.717) is 15.3 Å². The van der Waals surface area contributed by atoms with Gasteiger partial charge in [-0.15, -0.1) is 11.8 Å². The van der Waals surface area contributed by atoms with Crippen LogP contribution in [-0.4, -0.2) is 51.9 Å². The van der Waals surface area contributed by atoms with Crippen LogP contribution in [0, 0.1) is 17.6 Å². The third-order valence-electron chi connectivity index (χ3n) is 5.51. The van der Waals surface area contributed by atoms with Crippen LogP contribution >= 0.6 is 23.1 Å². The zero-order valence-electron chi connectivity index (χ0n) is 18.3. The van der Waals surface area contributed by atoms with Crippen molar-refractivity contribution in [3.63, 3.8) is 0 Å². The number of aromatic nitrogens is 1. The number of carboxylic acids is 1. The average molecular weight is 500 g/mol. The first-order valence-corrected chi connectivity index (χ1v) is 12.5. The number of carboxylic acid groups (broad SMARTS) is 1. The number of anilines is 1. The second kappa shape index (κ2) is 12.3. The van der Waals surface area contributed by atoms with E-state index in [1.54, 1.807) is 4.90 Å². The van der Waals surface area contributed by atoms with Crippen LogP contribution in [0.1, 0.15) is 38.2 Å². The van der Waals surface area contributed by atoms with E-state index in [9.17, 15) is 18.4 Å². The van der Waals surface area contributed by atoms with E-state index in [1.165, 1.54) is 35.7 Å². The highest BCUT2D eigenvalue weighted by Gasteiger charge is 2.28. The van der Waals surface area contributed by atoms with Crippen molar-refractivity contribution in [2.24, 2.45) is 5.92 Å². The first-order valence-electron chi connectivity index (χ1n) is 10.7. The fourth-order valence-corrected chi connectivity index (χ4v) is 5.27. The maximum Gasteiger partial charge on any atom is 0.323 e. The van der Waals surface area contributed by atoms with Crippen LogP contribution in [0.3, 0.4) is 0 Å². The number of hydrogen-bond donors (Lipinski definition) is 2. The lowest BCUT2D eigenvalue weighted by atomic mass is 9.86. The van der Waals surface area contributed by atoms with Gasteiger partial charge in [-0.1, -0.05) is 24.3 Å². The molecule has 1 aliphatic carbocycles. The maximum atomic E-state index is 13.8. The minimum Gasteiger partial charge on any atom is -0.481 e. The summed E-state index contributed by atoms with van der Waals surface area (Å²) >= 11 is 2.35. The Labute approximate surface area is 199 Å². The first-order chi connectivity index (χ1) is 15.8. The molecule has 2 N–H and O–H groups in total. The molecule has 1 heterocycles. The Morgan fingerprint density at radius 3 is 2.64 bits per heavy atom. The van der Waals surface area contributed by atoms with Gasteiger partial charge in [0.2, 0.25) is 0 Å². The zero-order chi connectivity index (χ0) is 23.8. The van der Waals surface area contributed by atoms with E-state index < -0.39 is 17.6 Å². The summed E-state index contributed by atoms with van der Waals surface area (Å²) in [5.74, 6) is -1.72. The smallest absolute Gasteiger partial charge is 0.323 e. The summed E-state index contributed by atoms with van der Waals surface area (Å²) < 4.78 is 33.8. The van der Waals surface area contributed by atoms with Gasteiger partial charge in [0.05, 0.1) is 29.4 Å². The molecule has 1 saturated carbocycles. The van der Waals surface area contributed by atoms with Gasteiger partial charge in [0.1, 0.15) is 11.6 Å². The van der Waals surface area contributed by atoms with Crippen LogP contribution in [0.25, 0.3) is 0 Å². The molecule has 0 bridgehead atoms. The SMILES string of the molecule is C[C@H]1CC[C@H](N(CCOCc2c(F)cccc2F)C(=O)Nc2ncc(SCC(=O)O)s2)CC1. The molecule has 0 atom stereocenters. The van der Waals surface area contributed by atoms with Crippen molar-refractivity contribution in [1.82, 2.24) is 9.88 Å². The number of halogens is 2. The van der Waals surface area contributed by atoms with Crippen molar-refractivity contribution in [3.8, 4) is 0 Å². The van der Waals surface area contributed by atoms with Crippen LogP contribution in [0.15, 0.2) is 28.6 Å². The molecule has 1 fully saturated rings. The van der Waals surface area contributed by atoms with Crippen molar-refractivity contribution >= 4 is 40.2 Å². The molecule has 0 radical (unpaired) electrons. The number of thiazole rings is 1. The Kier molecular flexibility index (Phi) is 9.45. The van der Waals surface area contributed by atoms with Crippen molar-refractivity contribution in [2.75, 3.05) is 24.2 Å². The molecule has 0 spiro atoms. The molecule has 1 aliphatic rings. The van der Waals surface area contributed by atoms with Gasteiger partial charge in [-0.2, -0.15) is 0 Å². The van der Waals surface area contributed by atoms with E-state index in [-0.39, 0.29) is 43.1 Å². The van der Waals surface area contributed by atoms with E-state index in [0.717, 1.165) is 37.4 Å². The zero-order valence-corrected chi connectivity index (χ0v) is 19.9. The third-order valence-corrected chi connectivity index (χ3v) is 7.60. The average Bonchev–Trinajstić information content (AvgIpc) is 3.22. The van der Waals surface area contributed by atoms with Gasteiger partial charge in [0.25, 0.3) is 0 Å². The Morgan fingerprint density at radius 2 is 1.97 bits per heavy atom. The van der Waals surface area contributed by atoms with Crippen molar-refractivity contribution < 1.29 is 28.2 Å². The van der Waals surface area contributed by atoms with Crippen molar-refractivity contribution in [1.29, 1.82) is 0 Å². The monoisotopic (exact) mass is 499 g/mol. The van der Waals surface area contributed by atoms with Crippen molar-refractivity contribution in [2.45, 2.75) is 49.5 Å². The summed E-state index contributed by atoms with van der Waals surface area (Å²) in [7, 11) is 0. The predicted octanol–water partition coefficient (Wildman–Crippen LogP) is 5.23. The lowest BCUT2D eigenvalue weighted by molar-refractivity contribution is -0.133. The number of amides is 2. The number of nitrogens with zero attached hydrogens (tertiary/aromatic N) is 2. The summed E-state index contributed by atoms with van der Waals surface area (Å²) in [6.07, 6.45) is 5.31. The molecule has 2 aromatic rings. The predicted molar refractivity (Wildman–Crippen MR) is 124 cm³/mol. The molecule has 0 unspecified atom stereocenters. The topological polar surface area (TPSA) is 91.8 Å². The van der Waals surface area contributed by atoms with Crippen LogP contribution < -0.4 is 5.32 Å². The Hall–Kier alpha value is -2.24. The maximum absolute atomic E-state index is 13.8. The highest BCUT2D eigenvalue weighted by molar-refractivity contribution is 8.01. The Bertz CT molecular complexity index is 931. The van der Waals surface area contributed by atoms with E-state index in [1.807, 2.05) is 0 Å². The molecule has 2 amide bonds. The largest absolute Gasteiger partial charge is 0.481 e. The van der Waals surface area contributed by atoms with E-state index in [4.69, 9.17) is 9.84 Å². The molecule has 33 heavy (non-hydrogen) atoms. The van der Waals surface area contributed by atoms with Gasteiger partial charge in [0.15, 0.2) is 5.13 Å². The second-order valence-corrected chi connectivity index (χ2v) is 10.3. The number of benzene rings is 1. The third kappa shape index (κ3) is 7.65. The number of carbonyl (C=O) groups excluding carboxylic acids is 1. The van der Waals surface area contributed by atoms with Crippen LogP contribution in [0.5, 0.6) is 0 Å². The number of carbonyl (C=O) groups is 2. The van der Waals surface area contributed by atoms with Crippen molar-refractivity contribution in [3.05, 3.63) is 41.6 Å². The van der Waals surface area contributed by atoms with Crippen LogP contribution in [0.2, 0.25) is 0 Å². The number of nitrogens with one attached hydrogen (secondary N) is 1. The highest BCUT2D eigenvalue weighted by Crippen LogP contribution is 2.30. The lowest BCUT2D eigenvalue weighted by Gasteiger charge is -2.36. The molecule has 7 nitrogen and oxygen atoms in total. The molecule has 3 rings (SSSR count). The number of urea groups is 1.